The molecule has 0 fully saturated rings. The SMILES string of the molecule is Cc1nc(-c2ccccc2)sc1-c1c(N=Nc2ccccc2)sc2nc3ccccc3n12. The smallest absolute Gasteiger partial charge is 0.197 e. The number of aromatic nitrogens is 3. The molecule has 0 spiro atoms. The Hall–Kier alpha value is -3.68. The fourth-order valence-corrected chi connectivity index (χ4v) is 5.85. The van der Waals surface area contributed by atoms with Crippen molar-refractivity contribution in [2.45, 2.75) is 6.92 Å². The summed E-state index contributed by atoms with van der Waals surface area (Å²) in [5, 5.41) is 11.0. The molecular formula is C25H17N5S2. The zero-order valence-corrected chi connectivity index (χ0v) is 18.8. The van der Waals surface area contributed by atoms with Gasteiger partial charge < -0.3 is 0 Å². The lowest BCUT2D eigenvalue weighted by Crippen LogP contribution is -1.86. The predicted molar refractivity (Wildman–Crippen MR) is 132 cm³/mol. The van der Waals surface area contributed by atoms with E-state index in [4.69, 9.17) is 9.97 Å². The first-order valence-electron chi connectivity index (χ1n) is 10.2. The van der Waals surface area contributed by atoms with E-state index in [9.17, 15) is 0 Å². The third-order valence-corrected chi connectivity index (χ3v) is 7.33. The summed E-state index contributed by atoms with van der Waals surface area (Å²) in [5.41, 5.74) is 5.93. The van der Waals surface area contributed by atoms with Crippen LogP contribution in [0.25, 0.3) is 37.1 Å². The Morgan fingerprint density at radius 2 is 1.47 bits per heavy atom. The van der Waals surface area contributed by atoms with E-state index in [1.54, 1.807) is 22.7 Å². The molecule has 3 aromatic carbocycles. The number of nitrogens with zero attached hydrogens (tertiary/aromatic N) is 5. The number of azo groups is 1. The van der Waals surface area contributed by atoms with Gasteiger partial charge in [0.1, 0.15) is 10.7 Å². The molecule has 0 radical (unpaired) electrons. The number of para-hydroxylation sites is 2. The Morgan fingerprint density at radius 3 is 2.28 bits per heavy atom. The second-order valence-electron chi connectivity index (χ2n) is 7.31. The summed E-state index contributed by atoms with van der Waals surface area (Å²) in [6, 6.07) is 28.3. The Bertz CT molecular complexity index is 1580. The van der Waals surface area contributed by atoms with E-state index in [-0.39, 0.29) is 0 Å². The lowest BCUT2D eigenvalue weighted by molar-refractivity contribution is 1.21. The third kappa shape index (κ3) is 3.23. The first-order valence-corrected chi connectivity index (χ1v) is 11.8. The van der Waals surface area contributed by atoms with Crippen molar-refractivity contribution < 1.29 is 0 Å². The molecule has 0 aliphatic rings. The minimum absolute atomic E-state index is 0.820. The molecule has 0 saturated heterocycles. The van der Waals surface area contributed by atoms with Crippen LogP contribution in [0.5, 0.6) is 0 Å². The molecule has 0 saturated carbocycles. The normalized spacial score (nSPS) is 11.8. The molecule has 7 heteroatoms. The molecule has 0 bridgehead atoms. The van der Waals surface area contributed by atoms with Gasteiger partial charge in [-0.1, -0.05) is 72.0 Å². The first kappa shape index (κ1) is 19.0. The zero-order valence-electron chi connectivity index (χ0n) is 17.1. The van der Waals surface area contributed by atoms with Crippen LogP contribution in [0.1, 0.15) is 5.69 Å². The Kier molecular flexibility index (Phi) is 4.63. The lowest BCUT2D eigenvalue weighted by Gasteiger charge is -2.01. The first-order chi connectivity index (χ1) is 15.8. The highest BCUT2D eigenvalue weighted by atomic mass is 32.1. The largest absolute Gasteiger partial charge is 0.280 e. The average Bonchev–Trinajstić information content (AvgIpc) is 3.50. The maximum Gasteiger partial charge on any atom is 0.197 e. The lowest BCUT2D eigenvalue weighted by atomic mass is 10.2. The van der Waals surface area contributed by atoms with E-state index in [1.165, 1.54) is 0 Å². The number of thiazole rings is 2. The van der Waals surface area contributed by atoms with Crippen molar-refractivity contribution in [3.63, 3.8) is 0 Å². The molecule has 0 aliphatic carbocycles. The molecule has 0 aliphatic heterocycles. The molecule has 0 amide bonds. The van der Waals surface area contributed by atoms with Crippen molar-refractivity contribution >= 4 is 49.4 Å². The van der Waals surface area contributed by atoms with Crippen LogP contribution in [0.4, 0.5) is 10.7 Å². The number of hydrogen-bond acceptors (Lipinski definition) is 6. The molecular weight excluding hydrogens is 434 g/mol. The van der Waals surface area contributed by atoms with Gasteiger partial charge in [0.2, 0.25) is 0 Å². The van der Waals surface area contributed by atoms with Crippen LogP contribution in [-0.4, -0.2) is 14.4 Å². The standard InChI is InChI=1S/C25H17N5S2/c1-16-22(31-23(26-16)17-10-4-2-5-11-17)21-24(29-28-18-12-6-3-7-13-18)32-25-27-19-14-8-9-15-20(19)30(21)25/h2-15H,1H3. The van der Waals surface area contributed by atoms with E-state index in [2.05, 4.69) is 39.8 Å². The third-order valence-electron chi connectivity index (χ3n) is 5.19. The molecule has 3 heterocycles. The van der Waals surface area contributed by atoms with E-state index in [1.807, 2.05) is 66.7 Å². The summed E-state index contributed by atoms with van der Waals surface area (Å²) in [7, 11) is 0. The maximum absolute atomic E-state index is 4.88. The van der Waals surface area contributed by atoms with Gasteiger partial charge >= 0.3 is 0 Å². The fourth-order valence-electron chi connectivity index (χ4n) is 3.70. The molecule has 6 rings (SSSR count). The Morgan fingerprint density at radius 1 is 0.750 bits per heavy atom. The van der Waals surface area contributed by atoms with Crippen LogP contribution in [-0.2, 0) is 0 Å². The number of aryl methyl sites for hydroxylation is 1. The van der Waals surface area contributed by atoms with Crippen LogP contribution >= 0.6 is 22.7 Å². The summed E-state index contributed by atoms with van der Waals surface area (Å²) < 4.78 is 2.19. The molecule has 0 atom stereocenters. The monoisotopic (exact) mass is 451 g/mol. The molecule has 32 heavy (non-hydrogen) atoms. The summed E-state index contributed by atoms with van der Waals surface area (Å²) in [6.45, 7) is 2.05. The number of fused-ring (bicyclic) bond motifs is 3. The summed E-state index contributed by atoms with van der Waals surface area (Å²) in [6.07, 6.45) is 0. The van der Waals surface area contributed by atoms with Gasteiger partial charge in [-0.05, 0) is 31.2 Å². The van der Waals surface area contributed by atoms with Gasteiger partial charge in [-0.15, -0.1) is 21.6 Å². The Balaban J connectivity index is 1.59. The summed E-state index contributed by atoms with van der Waals surface area (Å²) in [4.78, 5) is 11.7. The molecule has 154 valence electrons. The van der Waals surface area contributed by atoms with Crippen molar-refractivity contribution in [3.8, 4) is 21.1 Å². The van der Waals surface area contributed by atoms with Crippen LogP contribution in [0.15, 0.2) is 95.2 Å². The highest BCUT2D eigenvalue weighted by Gasteiger charge is 2.23. The van der Waals surface area contributed by atoms with Gasteiger partial charge in [-0.2, -0.15) is 0 Å². The number of rotatable bonds is 4. The van der Waals surface area contributed by atoms with E-state index in [0.717, 1.165) is 53.5 Å². The highest BCUT2D eigenvalue weighted by molar-refractivity contribution is 7.22. The number of imidazole rings is 1. The minimum atomic E-state index is 0.820. The topological polar surface area (TPSA) is 54.9 Å². The quantitative estimate of drug-likeness (QED) is 0.254. The van der Waals surface area contributed by atoms with Gasteiger partial charge in [-0.3, -0.25) is 4.40 Å². The summed E-state index contributed by atoms with van der Waals surface area (Å²) in [5.74, 6) is 0. The highest BCUT2D eigenvalue weighted by Crippen LogP contribution is 2.45. The molecule has 3 aromatic heterocycles. The van der Waals surface area contributed by atoms with Crippen LogP contribution in [0, 0.1) is 6.92 Å². The molecule has 0 unspecified atom stereocenters. The predicted octanol–water partition coefficient (Wildman–Crippen LogP) is 8.06. The molecule has 5 nitrogen and oxygen atoms in total. The van der Waals surface area contributed by atoms with E-state index < -0.39 is 0 Å². The van der Waals surface area contributed by atoms with Crippen LogP contribution < -0.4 is 0 Å². The van der Waals surface area contributed by atoms with E-state index in [0.29, 0.717) is 0 Å². The second kappa shape index (κ2) is 7.78. The fraction of sp³-hybridized carbons (Fsp3) is 0.0400. The summed E-state index contributed by atoms with van der Waals surface area (Å²) >= 11 is 3.23. The molecule has 0 N–H and O–H groups in total. The van der Waals surface area contributed by atoms with Gasteiger partial charge in [0.05, 0.1) is 27.3 Å². The zero-order chi connectivity index (χ0) is 21.5. The van der Waals surface area contributed by atoms with Crippen molar-refractivity contribution in [2.75, 3.05) is 0 Å². The van der Waals surface area contributed by atoms with Gasteiger partial charge in [0.15, 0.2) is 9.96 Å². The van der Waals surface area contributed by atoms with E-state index >= 15 is 0 Å². The maximum atomic E-state index is 4.88. The van der Waals surface area contributed by atoms with Crippen molar-refractivity contribution in [3.05, 3.63) is 90.6 Å². The van der Waals surface area contributed by atoms with Crippen molar-refractivity contribution in [1.82, 2.24) is 14.4 Å². The minimum Gasteiger partial charge on any atom is -0.280 e. The van der Waals surface area contributed by atoms with Gasteiger partial charge in [0.25, 0.3) is 0 Å². The average molecular weight is 452 g/mol. The van der Waals surface area contributed by atoms with Gasteiger partial charge in [-0.25, -0.2) is 9.97 Å². The molecule has 6 aromatic rings. The Labute approximate surface area is 192 Å². The van der Waals surface area contributed by atoms with Crippen LogP contribution in [0.2, 0.25) is 0 Å². The van der Waals surface area contributed by atoms with Crippen LogP contribution in [0.3, 0.4) is 0 Å². The van der Waals surface area contributed by atoms with Crippen molar-refractivity contribution in [2.24, 2.45) is 10.2 Å². The van der Waals surface area contributed by atoms with Gasteiger partial charge in [0, 0.05) is 5.56 Å². The van der Waals surface area contributed by atoms with Crippen molar-refractivity contribution in [1.29, 1.82) is 0 Å². The second-order valence-corrected chi connectivity index (χ2v) is 9.26. The number of hydrogen-bond donors (Lipinski definition) is 0. The number of benzene rings is 3.